The van der Waals surface area contributed by atoms with Crippen molar-refractivity contribution in [1.29, 1.82) is 0 Å². The third-order valence-electron chi connectivity index (χ3n) is 3.97. The number of sulfonamides is 1. The molecule has 19 heavy (non-hydrogen) atoms. The van der Waals surface area contributed by atoms with E-state index in [4.69, 9.17) is 0 Å². The lowest BCUT2D eigenvalue weighted by atomic mass is 10.1. The van der Waals surface area contributed by atoms with Gasteiger partial charge < -0.3 is 5.11 Å². The molecule has 112 valence electrons. The van der Waals surface area contributed by atoms with E-state index >= 15 is 0 Å². The molecule has 2 aliphatic heterocycles. The Morgan fingerprint density at radius 2 is 1.89 bits per heavy atom. The van der Waals surface area contributed by atoms with Crippen LogP contribution < -0.4 is 0 Å². The van der Waals surface area contributed by atoms with Crippen molar-refractivity contribution in [2.45, 2.75) is 43.4 Å². The normalized spacial score (nSPS) is 33.1. The highest BCUT2D eigenvalue weighted by molar-refractivity contribution is 7.95. The molecule has 0 aromatic rings. The molecular formula is C11H21NO5S2. The summed E-state index contributed by atoms with van der Waals surface area (Å²) in [5.74, 6) is -0.321. The summed E-state index contributed by atoms with van der Waals surface area (Å²) >= 11 is 0. The fourth-order valence-corrected chi connectivity index (χ4v) is 7.63. The van der Waals surface area contributed by atoms with E-state index in [0.29, 0.717) is 13.0 Å². The third-order valence-corrected chi connectivity index (χ3v) is 8.33. The van der Waals surface area contributed by atoms with Gasteiger partial charge in [-0.3, -0.25) is 0 Å². The number of hydrogen-bond donors (Lipinski definition) is 1. The average Bonchev–Trinajstić information content (AvgIpc) is 2.59. The zero-order valence-corrected chi connectivity index (χ0v) is 12.5. The molecule has 2 unspecified atom stereocenters. The van der Waals surface area contributed by atoms with E-state index in [1.165, 1.54) is 4.31 Å². The van der Waals surface area contributed by atoms with E-state index in [1.807, 2.05) is 0 Å². The predicted octanol–water partition coefficient (Wildman–Crippen LogP) is -0.260. The van der Waals surface area contributed by atoms with Gasteiger partial charge >= 0.3 is 0 Å². The Hall–Kier alpha value is -0.180. The van der Waals surface area contributed by atoms with Gasteiger partial charge in [-0.1, -0.05) is 12.8 Å². The largest absolute Gasteiger partial charge is 0.395 e. The maximum Gasteiger partial charge on any atom is 0.218 e. The minimum absolute atomic E-state index is 0.0471. The Balaban J connectivity index is 2.22. The van der Waals surface area contributed by atoms with E-state index in [1.54, 1.807) is 0 Å². The first kappa shape index (κ1) is 15.2. The predicted molar refractivity (Wildman–Crippen MR) is 72.0 cm³/mol. The summed E-state index contributed by atoms with van der Waals surface area (Å²) in [7, 11) is -6.84. The van der Waals surface area contributed by atoms with Crippen LogP contribution in [0.2, 0.25) is 0 Å². The summed E-state index contributed by atoms with van der Waals surface area (Å²) in [6.45, 7) is 0.197. The molecular weight excluding hydrogens is 290 g/mol. The quantitative estimate of drug-likeness (QED) is 0.775. The van der Waals surface area contributed by atoms with Crippen molar-refractivity contribution in [3.63, 3.8) is 0 Å². The van der Waals surface area contributed by atoms with Crippen molar-refractivity contribution < 1.29 is 21.9 Å². The Labute approximate surface area is 114 Å². The van der Waals surface area contributed by atoms with Gasteiger partial charge in [0.15, 0.2) is 9.84 Å². The molecule has 2 aliphatic rings. The van der Waals surface area contributed by atoms with Crippen molar-refractivity contribution in [2.24, 2.45) is 0 Å². The van der Waals surface area contributed by atoms with Crippen LogP contribution in [-0.4, -0.2) is 62.2 Å². The van der Waals surface area contributed by atoms with Crippen LogP contribution in [0.15, 0.2) is 0 Å². The highest BCUT2D eigenvalue weighted by Gasteiger charge is 2.42. The summed E-state index contributed by atoms with van der Waals surface area (Å²) in [5, 5.41) is 8.54. The summed E-state index contributed by atoms with van der Waals surface area (Å²) in [6.07, 6.45) is 3.45. The minimum atomic E-state index is -3.62. The van der Waals surface area contributed by atoms with Gasteiger partial charge in [-0.15, -0.1) is 0 Å². The summed E-state index contributed by atoms with van der Waals surface area (Å²) in [4.78, 5) is 0. The molecule has 8 heteroatoms. The van der Waals surface area contributed by atoms with Crippen LogP contribution in [0.25, 0.3) is 0 Å². The second-order valence-electron chi connectivity index (χ2n) is 5.37. The second kappa shape index (κ2) is 5.67. The molecule has 0 spiro atoms. The van der Waals surface area contributed by atoms with Gasteiger partial charge in [0.05, 0.1) is 23.4 Å². The number of aliphatic hydroxyl groups is 1. The molecule has 2 rings (SSSR count). The lowest BCUT2D eigenvalue weighted by Crippen LogP contribution is -2.46. The van der Waals surface area contributed by atoms with Crippen molar-refractivity contribution >= 4 is 19.9 Å². The molecule has 6 nitrogen and oxygen atoms in total. The standard InChI is InChI=1S/C11H21NO5S2/c13-8-10-4-2-1-3-6-12(10)19(16,17)11-5-7-18(14,15)9-11/h10-11,13H,1-9H2. The molecule has 0 amide bonds. The van der Waals surface area contributed by atoms with E-state index < -0.39 is 31.2 Å². The third kappa shape index (κ3) is 3.29. The molecule has 2 fully saturated rings. The molecule has 0 aromatic heterocycles. The molecule has 0 aliphatic carbocycles. The SMILES string of the molecule is O=S1(=O)CCC(S(=O)(=O)N2CCCCCC2CO)C1. The lowest BCUT2D eigenvalue weighted by molar-refractivity contribution is 0.185. The molecule has 0 bridgehead atoms. The zero-order chi connectivity index (χ0) is 14.1. The van der Waals surface area contributed by atoms with Crippen LogP contribution in [0.3, 0.4) is 0 Å². The molecule has 2 saturated heterocycles. The Bertz CT molecular complexity index is 513. The Kier molecular flexibility index (Phi) is 4.54. The number of rotatable bonds is 3. The molecule has 2 atom stereocenters. The monoisotopic (exact) mass is 311 g/mol. The molecule has 0 saturated carbocycles. The maximum atomic E-state index is 12.5. The van der Waals surface area contributed by atoms with E-state index in [0.717, 1.165) is 19.3 Å². The van der Waals surface area contributed by atoms with Crippen LogP contribution in [0.5, 0.6) is 0 Å². The highest BCUT2D eigenvalue weighted by Crippen LogP contribution is 2.27. The van der Waals surface area contributed by atoms with Crippen LogP contribution in [0.4, 0.5) is 0 Å². The van der Waals surface area contributed by atoms with E-state index in [2.05, 4.69) is 0 Å². The van der Waals surface area contributed by atoms with Crippen molar-refractivity contribution in [1.82, 2.24) is 4.31 Å². The summed E-state index contributed by atoms with van der Waals surface area (Å²) in [6, 6.07) is -0.393. The van der Waals surface area contributed by atoms with Crippen molar-refractivity contribution in [3.05, 3.63) is 0 Å². The fourth-order valence-electron chi connectivity index (χ4n) is 2.86. The van der Waals surface area contributed by atoms with Crippen molar-refractivity contribution in [2.75, 3.05) is 24.7 Å². The zero-order valence-electron chi connectivity index (χ0n) is 10.9. The van der Waals surface area contributed by atoms with Gasteiger partial charge in [0, 0.05) is 12.6 Å². The Morgan fingerprint density at radius 1 is 1.16 bits per heavy atom. The molecule has 1 N–H and O–H groups in total. The average molecular weight is 311 g/mol. The smallest absolute Gasteiger partial charge is 0.218 e. The van der Waals surface area contributed by atoms with Gasteiger partial charge in [0.2, 0.25) is 10.0 Å². The highest BCUT2D eigenvalue weighted by atomic mass is 32.2. The number of hydrogen-bond acceptors (Lipinski definition) is 5. The lowest BCUT2D eigenvalue weighted by Gasteiger charge is -2.29. The van der Waals surface area contributed by atoms with Gasteiger partial charge in [0.25, 0.3) is 0 Å². The number of aliphatic hydroxyl groups excluding tert-OH is 1. The summed E-state index contributed by atoms with van der Waals surface area (Å²) < 4.78 is 49.4. The van der Waals surface area contributed by atoms with Gasteiger partial charge in [-0.2, -0.15) is 4.31 Å². The first-order valence-corrected chi connectivity index (χ1v) is 10.0. The molecule has 0 radical (unpaired) electrons. The maximum absolute atomic E-state index is 12.5. The minimum Gasteiger partial charge on any atom is -0.395 e. The first-order chi connectivity index (χ1) is 8.87. The number of sulfone groups is 1. The second-order valence-corrected chi connectivity index (χ2v) is 9.76. The van der Waals surface area contributed by atoms with E-state index in [-0.39, 0.29) is 24.5 Å². The Morgan fingerprint density at radius 3 is 2.47 bits per heavy atom. The molecule has 2 heterocycles. The van der Waals surface area contributed by atoms with Crippen LogP contribution >= 0.6 is 0 Å². The van der Waals surface area contributed by atoms with Crippen molar-refractivity contribution in [3.8, 4) is 0 Å². The van der Waals surface area contributed by atoms with Gasteiger partial charge in [0.1, 0.15) is 0 Å². The summed E-state index contributed by atoms with van der Waals surface area (Å²) in [5.41, 5.74) is 0. The van der Waals surface area contributed by atoms with E-state index in [9.17, 15) is 21.9 Å². The van der Waals surface area contributed by atoms with Crippen LogP contribution in [0, 0.1) is 0 Å². The topological polar surface area (TPSA) is 91.8 Å². The molecule has 0 aromatic carbocycles. The first-order valence-electron chi connectivity index (χ1n) is 6.69. The van der Waals surface area contributed by atoms with Gasteiger partial charge in [-0.25, -0.2) is 16.8 Å². The van der Waals surface area contributed by atoms with Gasteiger partial charge in [-0.05, 0) is 19.3 Å². The van der Waals surface area contributed by atoms with Crippen LogP contribution in [0.1, 0.15) is 32.1 Å². The number of nitrogens with zero attached hydrogens (tertiary/aromatic N) is 1. The fraction of sp³-hybridized carbons (Fsp3) is 1.00. The van der Waals surface area contributed by atoms with Crippen LogP contribution in [-0.2, 0) is 19.9 Å².